The molecule has 14 heavy (non-hydrogen) atoms. The highest BCUT2D eigenvalue weighted by molar-refractivity contribution is 5.10. The van der Waals surface area contributed by atoms with Gasteiger partial charge in [0.15, 0.2) is 0 Å². The van der Waals surface area contributed by atoms with Crippen LogP contribution in [0.25, 0.3) is 0 Å². The zero-order chi connectivity index (χ0) is 9.80. The second-order valence-corrected chi connectivity index (χ2v) is 3.83. The second kappa shape index (κ2) is 4.66. The first-order valence-corrected chi connectivity index (χ1v) is 5.29. The molecule has 0 aliphatic carbocycles. The Morgan fingerprint density at radius 3 is 3.14 bits per heavy atom. The molecule has 0 spiro atoms. The maximum atomic E-state index is 5.85. The van der Waals surface area contributed by atoms with Crippen molar-refractivity contribution >= 4 is 0 Å². The van der Waals surface area contributed by atoms with Crippen LogP contribution in [-0.2, 0) is 9.47 Å². The summed E-state index contributed by atoms with van der Waals surface area (Å²) in [5.74, 6) is 0.972. The molecule has 0 radical (unpaired) electrons. The van der Waals surface area contributed by atoms with Crippen LogP contribution in [0.2, 0.25) is 0 Å². The van der Waals surface area contributed by atoms with Gasteiger partial charge in [-0.1, -0.05) is 0 Å². The maximum absolute atomic E-state index is 5.85. The molecule has 3 N–H and O–H groups in total. The molecule has 1 saturated heterocycles. The van der Waals surface area contributed by atoms with Crippen LogP contribution in [0.1, 0.15) is 19.3 Å². The minimum Gasteiger partial charge on any atom is -0.490 e. The van der Waals surface area contributed by atoms with Crippen LogP contribution in [0.5, 0.6) is 0 Å². The molecule has 2 aliphatic heterocycles. The van der Waals surface area contributed by atoms with E-state index >= 15 is 0 Å². The molecule has 1 atom stereocenters. The average Bonchev–Trinajstić information content (AvgIpc) is 2.23. The van der Waals surface area contributed by atoms with Crippen LogP contribution >= 0.6 is 0 Å². The van der Waals surface area contributed by atoms with E-state index in [1.54, 1.807) is 0 Å². The van der Waals surface area contributed by atoms with Crippen molar-refractivity contribution in [3.63, 3.8) is 0 Å². The van der Waals surface area contributed by atoms with Crippen molar-refractivity contribution in [1.29, 1.82) is 0 Å². The van der Waals surface area contributed by atoms with Crippen molar-refractivity contribution in [2.45, 2.75) is 25.4 Å². The summed E-state index contributed by atoms with van der Waals surface area (Å²) >= 11 is 0. The molecular weight excluding hydrogens is 180 g/mol. The van der Waals surface area contributed by atoms with E-state index in [4.69, 9.17) is 15.2 Å². The molecule has 0 aromatic rings. The van der Waals surface area contributed by atoms with E-state index < -0.39 is 0 Å². The van der Waals surface area contributed by atoms with Gasteiger partial charge in [-0.2, -0.15) is 0 Å². The highest BCUT2D eigenvalue weighted by Gasteiger charge is 2.19. The van der Waals surface area contributed by atoms with Crippen LogP contribution in [-0.4, -0.2) is 32.4 Å². The molecule has 2 heterocycles. The SMILES string of the molecule is NC1=C(OC2CCCOC2)CCNC1. The maximum Gasteiger partial charge on any atom is 0.122 e. The Labute approximate surface area is 84.4 Å². The minimum absolute atomic E-state index is 0.218. The Morgan fingerprint density at radius 1 is 1.50 bits per heavy atom. The zero-order valence-corrected chi connectivity index (χ0v) is 8.42. The largest absolute Gasteiger partial charge is 0.490 e. The molecule has 0 saturated carbocycles. The van der Waals surface area contributed by atoms with E-state index in [0.29, 0.717) is 6.61 Å². The third kappa shape index (κ3) is 2.39. The summed E-state index contributed by atoms with van der Waals surface area (Å²) in [5.41, 5.74) is 6.70. The van der Waals surface area contributed by atoms with Crippen LogP contribution in [0.3, 0.4) is 0 Å². The lowest BCUT2D eigenvalue weighted by Crippen LogP contribution is -2.33. The Balaban J connectivity index is 1.88. The molecule has 80 valence electrons. The van der Waals surface area contributed by atoms with Gasteiger partial charge in [0.2, 0.25) is 0 Å². The fraction of sp³-hybridized carbons (Fsp3) is 0.800. The number of nitrogens with two attached hydrogens (primary N) is 1. The van der Waals surface area contributed by atoms with Gasteiger partial charge >= 0.3 is 0 Å². The van der Waals surface area contributed by atoms with Gasteiger partial charge < -0.3 is 20.5 Å². The average molecular weight is 198 g/mol. The summed E-state index contributed by atoms with van der Waals surface area (Å²) in [6.45, 7) is 3.30. The fourth-order valence-corrected chi connectivity index (χ4v) is 1.82. The number of hydrogen-bond donors (Lipinski definition) is 2. The van der Waals surface area contributed by atoms with Crippen LogP contribution in [0.15, 0.2) is 11.5 Å². The number of hydrogen-bond acceptors (Lipinski definition) is 4. The van der Waals surface area contributed by atoms with E-state index in [2.05, 4.69) is 5.32 Å². The van der Waals surface area contributed by atoms with Gasteiger partial charge in [0.1, 0.15) is 11.9 Å². The van der Waals surface area contributed by atoms with Gasteiger partial charge in [0, 0.05) is 26.1 Å². The van der Waals surface area contributed by atoms with E-state index in [1.165, 1.54) is 0 Å². The summed E-state index contributed by atoms with van der Waals surface area (Å²) < 4.78 is 11.2. The van der Waals surface area contributed by atoms with Gasteiger partial charge in [-0.15, -0.1) is 0 Å². The third-order valence-electron chi connectivity index (χ3n) is 2.63. The number of ether oxygens (including phenoxy) is 2. The van der Waals surface area contributed by atoms with Crippen LogP contribution in [0.4, 0.5) is 0 Å². The summed E-state index contributed by atoms with van der Waals surface area (Å²) in [6, 6.07) is 0. The predicted molar refractivity (Wildman–Crippen MR) is 53.6 cm³/mol. The lowest BCUT2D eigenvalue weighted by molar-refractivity contribution is -0.0267. The van der Waals surface area contributed by atoms with Crippen molar-refractivity contribution in [1.82, 2.24) is 5.32 Å². The van der Waals surface area contributed by atoms with Gasteiger partial charge in [-0.05, 0) is 12.8 Å². The molecule has 0 aromatic heterocycles. The number of rotatable bonds is 2. The Bertz CT molecular complexity index is 222. The Hall–Kier alpha value is -0.740. The van der Waals surface area contributed by atoms with E-state index in [-0.39, 0.29) is 6.10 Å². The molecule has 1 unspecified atom stereocenters. The normalized spacial score (nSPS) is 29.0. The van der Waals surface area contributed by atoms with Gasteiger partial charge in [0.05, 0.1) is 12.3 Å². The Kier molecular flexibility index (Phi) is 3.26. The van der Waals surface area contributed by atoms with E-state index in [0.717, 1.165) is 50.4 Å². The molecule has 4 nitrogen and oxygen atoms in total. The molecule has 4 heteroatoms. The molecule has 0 bridgehead atoms. The van der Waals surface area contributed by atoms with E-state index in [1.807, 2.05) is 0 Å². The highest BCUT2D eigenvalue weighted by Crippen LogP contribution is 2.18. The minimum atomic E-state index is 0.218. The molecular formula is C10H18N2O2. The predicted octanol–water partition coefficient (Wildman–Crippen LogP) is 0.346. The van der Waals surface area contributed by atoms with Crippen LogP contribution < -0.4 is 11.1 Å². The summed E-state index contributed by atoms with van der Waals surface area (Å²) in [4.78, 5) is 0. The molecule has 2 rings (SSSR count). The lowest BCUT2D eigenvalue weighted by Gasteiger charge is -2.27. The van der Waals surface area contributed by atoms with Gasteiger partial charge in [-0.3, -0.25) is 0 Å². The molecule has 0 amide bonds. The number of nitrogens with one attached hydrogen (secondary N) is 1. The second-order valence-electron chi connectivity index (χ2n) is 3.83. The first kappa shape index (κ1) is 9.80. The quantitative estimate of drug-likeness (QED) is 0.672. The third-order valence-corrected chi connectivity index (χ3v) is 2.63. The molecule has 2 aliphatic rings. The Morgan fingerprint density at radius 2 is 2.43 bits per heavy atom. The van der Waals surface area contributed by atoms with Crippen molar-refractivity contribution in [2.75, 3.05) is 26.3 Å². The fourth-order valence-electron chi connectivity index (χ4n) is 1.82. The van der Waals surface area contributed by atoms with E-state index in [9.17, 15) is 0 Å². The monoisotopic (exact) mass is 198 g/mol. The summed E-state index contributed by atoms with van der Waals surface area (Å²) in [5, 5.41) is 3.21. The standard InChI is InChI=1S/C10H18N2O2/c11-9-6-12-4-3-10(9)14-8-2-1-5-13-7-8/h8,12H,1-7,11H2. The lowest BCUT2D eigenvalue weighted by atomic mass is 10.1. The van der Waals surface area contributed by atoms with Crippen LogP contribution in [0, 0.1) is 0 Å². The van der Waals surface area contributed by atoms with Gasteiger partial charge in [0.25, 0.3) is 0 Å². The summed E-state index contributed by atoms with van der Waals surface area (Å²) in [6.07, 6.45) is 3.30. The molecule has 0 aromatic carbocycles. The molecule has 1 fully saturated rings. The van der Waals surface area contributed by atoms with Crippen molar-refractivity contribution < 1.29 is 9.47 Å². The highest BCUT2D eigenvalue weighted by atomic mass is 16.5. The first-order chi connectivity index (χ1) is 6.86. The van der Waals surface area contributed by atoms with Gasteiger partial charge in [-0.25, -0.2) is 0 Å². The smallest absolute Gasteiger partial charge is 0.122 e. The summed E-state index contributed by atoms with van der Waals surface area (Å²) in [7, 11) is 0. The van der Waals surface area contributed by atoms with Crippen molar-refractivity contribution in [3.05, 3.63) is 11.5 Å². The van der Waals surface area contributed by atoms with Crippen molar-refractivity contribution in [2.24, 2.45) is 5.73 Å². The topological polar surface area (TPSA) is 56.5 Å². The zero-order valence-electron chi connectivity index (χ0n) is 8.42. The first-order valence-electron chi connectivity index (χ1n) is 5.29. The van der Waals surface area contributed by atoms with Crippen molar-refractivity contribution in [3.8, 4) is 0 Å².